The SMILES string of the molecule is CCOC(=O)c1cc(COC(F)F)nn1C.Cn1nc(COC(F)F)cc1C(=O)Nc1cc([C@H]2C[C@@H](OC(=O)NC3(C)CC3)CO2)[nH]n1. The maximum absolute atomic E-state index is 12.5. The molecule has 1 saturated heterocycles. The second kappa shape index (κ2) is 16.0. The highest BCUT2D eigenvalue weighted by molar-refractivity contribution is 6.02. The van der Waals surface area contributed by atoms with Gasteiger partial charge in [-0.25, -0.2) is 9.59 Å². The van der Waals surface area contributed by atoms with Crippen molar-refractivity contribution in [3.63, 3.8) is 0 Å². The molecule has 0 spiro atoms. The monoisotopic (exact) mass is 688 g/mol. The Morgan fingerprint density at radius 2 is 1.62 bits per heavy atom. The van der Waals surface area contributed by atoms with E-state index < -0.39 is 37.8 Å². The molecule has 2 amide bonds. The number of hydrogen-bond donors (Lipinski definition) is 3. The Morgan fingerprint density at radius 1 is 1.02 bits per heavy atom. The van der Waals surface area contributed by atoms with Crippen LogP contribution in [0.25, 0.3) is 0 Å². The number of amides is 2. The van der Waals surface area contributed by atoms with E-state index in [0.717, 1.165) is 12.8 Å². The standard InChI is InChI=1S/C19H24F2N6O5.C9H12F2N2O3/c1-19(3-4-19)23-18(29)32-11-6-14(30-9-11)12-7-15(25-24-12)22-16(28)13-5-10(26-27(13)2)8-31-17(20)21;1-3-15-8(14)7-4-6(12-13(7)2)5-16-9(10)11/h5,7,11,14,17H,3-4,6,8-9H2,1-2H3,(H,23,29)(H2,22,24,25,28);4,9H,3,5H2,1-2H3/t11-,14-;/m1./s1. The number of aryl methyl sites for hydroxylation is 2. The van der Waals surface area contributed by atoms with Gasteiger partial charge in [0.05, 0.1) is 43.5 Å². The minimum absolute atomic E-state index is 0.156. The number of carbonyl (C=O) groups excluding carboxylic acids is 3. The van der Waals surface area contributed by atoms with Gasteiger partial charge in [-0.15, -0.1) is 0 Å². The van der Waals surface area contributed by atoms with Crippen molar-refractivity contribution in [2.24, 2.45) is 14.1 Å². The predicted octanol–water partition coefficient (Wildman–Crippen LogP) is 3.58. The zero-order valence-electron chi connectivity index (χ0n) is 26.5. The van der Waals surface area contributed by atoms with Gasteiger partial charge >= 0.3 is 25.3 Å². The van der Waals surface area contributed by atoms with Gasteiger partial charge in [0.15, 0.2) is 5.82 Å². The Hall–Kier alpha value is -4.56. The summed E-state index contributed by atoms with van der Waals surface area (Å²) in [4.78, 5) is 35.8. The average molecular weight is 689 g/mol. The lowest BCUT2D eigenvalue weighted by atomic mass is 10.1. The van der Waals surface area contributed by atoms with Gasteiger partial charge in [0, 0.05) is 32.1 Å². The molecule has 2 fully saturated rings. The van der Waals surface area contributed by atoms with Crippen molar-refractivity contribution in [2.75, 3.05) is 18.5 Å². The first-order valence-corrected chi connectivity index (χ1v) is 14.7. The molecule has 264 valence electrons. The second-order valence-electron chi connectivity index (χ2n) is 11.1. The number of nitrogens with zero attached hydrogens (tertiary/aromatic N) is 5. The van der Waals surface area contributed by atoms with Crippen LogP contribution in [0.3, 0.4) is 0 Å². The number of alkyl halides is 4. The number of hydrogen-bond acceptors (Lipinski definition) is 11. The van der Waals surface area contributed by atoms with E-state index in [2.05, 4.69) is 40.5 Å². The Balaban J connectivity index is 0.000000274. The highest BCUT2D eigenvalue weighted by atomic mass is 19.3. The van der Waals surface area contributed by atoms with Gasteiger partial charge in [0.2, 0.25) is 0 Å². The fourth-order valence-electron chi connectivity index (χ4n) is 4.48. The molecule has 0 aromatic carbocycles. The molecule has 16 nitrogen and oxygen atoms in total. The summed E-state index contributed by atoms with van der Waals surface area (Å²) in [5, 5.41) is 20.1. The van der Waals surface area contributed by atoms with Crippen LogP contribution >= 0.6 is 0 Å². The number of halogens is 4. The van der Waals surface area contributed by atoms with Gasteiger partial charge in [-0.3, -0.25) is 19.3 Å². The molecule has 3 aromatic rings. The maximum atomic E-state index is 12.5. The number of carbonyl (C=O) groups is 3. The minimum atomic E-state index is -2.92. The first kappa shape index (κ1) is 36.3. The van der Waals surface area contributed by atoms with E-state index in [1.807, 2.05) is 6.92 Å². The zero-order chi connectivity index (χ0) is 35.0. The third-order valence-electron chi connectivity index (χ3n) is 7.12. The van der Waals surface area contributed by atoms with Crippen molar-refractivity contribution in [2.45, 2.75) is 77.3 Å². The van der Waals surface area contributed by atoms with Crippen molar-refractivity contribution in [3.05, 3.63) is 46.7 Å². The summed E-state index contributed by atoms with van der Waals surface area (Å²) < 4.78 is 74.5. The molecule has 2 atom stereocenters. The smallest absolute Gasteiger partial charge is 0.407 e. The number of rotatable bonds is 13. The van der Waals surface area contributed by atoms with E-state index in [-0.39, 0.29) is 66.2 Å². The molecule has 4 heterocycles. The Bertz CT molecular complexity index is 1560. The quantitative estimate of drug-likeness (QED) is 0.176. The van der Waals surface area contributed by atoms with Gasteiger partial charge in [-0.2, -0.15) is 32.9 Å². The highest BCUT2D eigenvalue weighted by Gasteiger charge is 2.40. The summed E-state index contributed by atoms with van der Waals surface area (Å²) in [7, 11) is 3.04. The van der Waals surface area contributed by atoms with Crippen LogP contribution in [-0.2, 0) is 51.0 Å². The summed E-state index contributed by atoms with van der Waals surface area (Å²) in [6.07, 6.45) is 1.14. The number of nitrogens with one attached hydrogen (secondary N) is 3. The molecule has 20 heteroatoms. The normalized spacial score (nSPS) is 18.0. The molecule has 0 radical (unpaired) electrons. The van der Waals surface area contributed by atoms with E-state index in [9.17, 15) is 31.9 Å². The number of ether oxygens (including phenoxy) is 5. The molecule has 3 aromatic heterocycles. The maximum Gasteiger partial charge on any atom is 0.407 e. The Morgan fingerprint density at radius 3 is 2.21 bits per heavy atom. The molecule has 0 bridgehead atoms. The van der Waals surface area contributed by atoms with Crippen molar-refractivity contribution in [1.29, 1.82) is 0 Å². The van der Waals surface area contributed by atoms with Crippen molar-refractivity contribution in [1.82, 2.24) is 35.1 Å². The summed E-state index contributed by atoms with van der Waals surface area (Å²) in [5.74, 6) is -0.801. The van der Waals surface area contributed by atoms with Crippen LogP contribution < -0.4 is 10.6 Å². The number of esters is 1. The average Bonchev–Trinajstić information content (AvgIpc) is 3.50. The van der Waals surface area contributed by atoms with Crippen LogP contribution in [0.5, 0.6) is 0 Å². The number of H-pyrrole nitrogens is 1. The summed E-state index contributed by atoms with van der Waals surface area (Å²) >= 11 is 0. The van der Waals surface area contributed by atoms with Gasteiger partial charge in [-0.1, -0.05) is 0 Å². The third-order valence-corrected chi connectivity index (χ3v) is 7.12. The van der Waals surface area contributed by atoms with E-state index in [1.165, 1.54) is 35.6 Å². The predicted molar refractivity (Wildman–Crippen MR) is 155 cm³/mol. The fraction of sp³-hybridized carbons (Fsp3) is 0.571. The molecule has 48 heavy (non-hydrogen) atoms. The number of aromatic amines is 1. The lowest BCUT2D eigenvalue weighted by molar-refractivity contribution is -0.138. The van der Waals surface area contributed by atoms with Crippen LogP contribution in [0.4, 0.5) is 28.2 Å². The van der Waals surface area contributed by atoms with Gasteiger partial charge in [-0.05, 0) is 38.8 Å². The summed E-state index contributed by atoms with van der Waals surface area (Å²) in [6.45, 7) is -2.39. The molecule has 1 aliphatic carbocycles. The van der Waals surface area contributed by atoms with Gasteiger partial charge in [0.25, 0.3) is 5.91 Å². The lowest BCUT2D eigenvalue weighted by Crippen LogP contribution is -2.37. The van der Waals surface area contributed by atoms with E-state index in [4.69, 9.17) is 14.2 Å². The van der Waals surface area contributed by atoms with Crippen molar-refractivity contribution >= 4 is 23.8 Å². The summed E-state index contributed by atoms with van der Waals surface area (Å²) in [6, 6.07) is 4.34. The van der Waals surface area contributed by atoms with Gasteiger partial charge < -0.3 is 34.3 Å². The van der Waals surface area contributed by atoms with E-state index in [1.54, 1.807) is 13.0 Å². The molecule has 2 aliphatic rings. The molecule has 3 N–H and O–H groups in total. The summed E-state index contributed by atoms with van der Waals surface area (Å²) in [5.41, 5.74) is 1.28. The zero-order valence-corrected chi connectivity index (χ0v) is 26.5. The molecular formula is C28H36F4N8O8. The second-order valence-corrected chi connectivity index (χ2v) is 11.1. The minimum Gasteiger partial charge on any atom is -0.461 e. The highest BCUT2D eigenvalue weighted by Crippen LogP contribution is 2.35. The number of anilines is 1. The molecule has 1 saturated carbocycles. The lowest BCUT2D eigenvalue weighted by Gasteiger charge is -2.15. The van der Waals surface area contributed by atoms with Crippen molar-refractivity contribution in [3.8, 4) is 0 Å². The molecular weight excluding hydrogens is 652 g/mol. The van der Waals surface area contributed by atoms with Crippen LogP contribution in [0, 0.1) is 0 Å². The van der Waals surface area contributed by atoms with E-state index >= 15 is 0 Å². The third kappa shape index (κ3) is 10.5. The molecule has 0 unspecified atom stereocenters. The number of alkyl carbamates (subject to hydrolysis) is 1. The van der Waals surface area contributed by atoms with E-state index in [0.29, 0.717) is 12.1 Å². The van der Waals surface area contributed by atoms with Crippen LogP contribution in [0.2, 0.25) is 0 Å². The topological polar surface area (TPSA) is 186 Å². The van der Waals surface area contributed by atoms with Crippen LogP contribution in [0.15, 0.2) is 18.2 Å². The van der Waals surface area contributed by atoms with Crippen LogP contribution in [-0.4, -0.2) is 85.8 Å². The van der Waals surface area contributed by atoms with Gasteiger partial charge in [0.1, 0.15) is 23.6 Å². The molecule has 1 aliphatic heterocycles. The fourth-order valence-corrected chi connectivity index (χ4v) is 4.48. The first-order valence-electron chi connectivity index (χ1n) is 14.7. The molecule has 5 rings (SSSR count). The number of aromatic nitrogens is 6. The van der Waals surface area contributed by atoms with Crippen LogP contribution in [0.1, 0.15) is 77.3 Å². The van der Waals surface area contributed by atoms with Crippen molar-refractivity contribution < 1.29 is 55.6 Å². The Labute approximate surface area is 271 Å². The Kier molecular flexibility index (Phi) is 12.1. The largest absolute Gasteiger partial charge is 0.461 e. The first-order chi connectivity index (χ1) is 22.7.